The molecule has 2 rings (SSSR count). The normalized spacial score (nSPS) is 11.3. The Morgan fingerprint density at radius 3 is 2.52 bits per heavy atom. The van der Waals surface area contributed by atoms with Gasteiger partial charge in [-0.2, -0.15) is 4.39 Å². The van der Waals surface area contributed by atoms with E-state index in [0.29, 0.717) is 5.56 Å². The van der Waals surface area contributed by atoms with E-state index in [2.05, 4.69) is 9.71 Å². The molecule has 0 aliphatic rings. The van der Waals surface area contributed by atoms with Crippen LogP contribution in [-0.4, -0.2) is 18.3 Å². The molecule has 0 spiro atoms. The van der Waals surface area contributed by atoms with Crippen molar-refractivity contribution in [2.75, 3.05) is 0 Å². The number of rotatable bonds is 5. The van der Waals surface area contributed by atoms with Gasteiger partial charge in [0.15, 0.2) is 4.90 Å². The fourth-order valence-electron chi connectivity index (χ4n) is 1.65. The van der Waals surface area contributed by atoms with Gasteiger partial charge in [0.2, 0.25) is 15.8 Å². The van der Waals surface area contributed by atoms with Gasteiger partial charge in [-0.25, -0.2) is 13.1 Å². The number of sulfonamides is 1. The molecule has 0 bridgehead atoms. The van der Waals surface area contributed by atoms with Crippen molar-refractivity contribution in [2.45, 2.75) is 11.4 Å². The van der Waals surface area contributed by atoms with Gasteiger partial charge >= 0.3 is 5.69 Å². The smallest absolute Gasteiger partial charge is 0.265 e. The van der Waals surface area contributed by atoms with E-state index in [4.69, 9.17) is 0 Å². The molecule has 0 unspecified atom stereocenters. The summed E-state index contributed by atoms with van der Waals surface area (Å²) in [5.41, 5.74) is -0.452. The molecule has 0 fully saturated rings. The minimum Gasteiger partial charge on any atom is -0.265 e. The van der Waals surface area contributed by atoms with Crippen LogP contribution in [0.2, 0.25) is 0 Å². The van der Waals surface area contributed by atoms with E-state index in [1.807, 2.05) is 0 Å². The van der Waals surface area contributed by atoms with Crippen molar-refractivity contribution in [3.63, 3.8) is 0 Å². The molecule has 0 radical (unpaired) electrons. The number of nitro benzene ring substituents is 1. The zero-order valence-corrected chi connectivity index (χ0v) is 11.4. The van der Waals surface area contributed by atoms with Crippen LogP contribution in [0.3, 0.4) is 0 Å². The number of nitrogens with zero attached hydrogens (tertiary/aromatic N) is 2. The summed E-state index contributed by atoms with van der Waals surface area (Å²) >= 11 is 0. The standard InChI is InChI=1S/C12H10FN3O4S/c13-10-2-1-3-11(12(10)16(17)18)21(19,20)15-8-9-4-6-14-7-5-9/h1-7,15H,8H2. The molecule has 1 heterocycles. The lowest BCUT2D eigenvalue weighted by atomic mass is 10.3. The van der Waals surface area contributed by atoms with Crippen LogP contribution in [0.25, 0.3) is 0 Å². The van der Waals surface area contributed by atoms with Gasteiger partial charge in [0.1, 0.15) is 0 Å². The van der Waals surface area contributed by atoms with E-state index in [9.17, 15) is 22.9 Å². The largest absolute Gasteiger partial charge is 0.324 e. The zero-order valence-electron chi connectivity index (χ0n) is 10.6. The molecule has 7 nitrogen and oxygen atoms in total. The second-order valence-electron chi connectivity index (χ2n) is 4.02. The molecule has 9 heteroatoms. The number of hydrogen-bond acceptors (Lipinski definition) is 5. The third-order valence-electron chi connectivity index (χ3n) is 2.64. The number of halogens is 1. The molecule has 0 aliphatic heterocycles. The molecular weight excluding hydrogens is 301 g/mol. The highest BCUT2D eigenvalue weighted by atomic mass is 32.2. The van der Waals surface area contributed by atoms with Gasteiger partial charge in [0.05, 0.1) is 4.92 Å². The van der Waals surface area contributed by atoms with Crippen molar-refractivity contribution in [2.24, 2.45) is 0 Å². The Hall–Kier alpha value is -2.39. The molecule has 1 N–H and O–H groups in total. The maximum absolute atomic E-state index is 13.5. The van der Waals surface area contributed by atoms with Gasteiger partial charge in [-0.3, -0.25) is 15.1 Å². The molecule has 0 atom stereocenters. The summed E-state index contributed by atoms with van der Waals surface area (Å²) in [5.74, 6) is -1.20. The first-order valence-electron chi connectivity index (χ1n) is 5.73. The summed E-state index contributed by atoms with van der Waals surface area (Å²) < 4.78 is 39.8. The van der Waals surface area contributed by atoms with Crippen LogP contribution in [0.15, 0.2) is 47.6 Å². The summed E-state index contributed by atoms with van der Waals surface area (Å²) in [6.45, 7) is -0.0848. The molecule has 0 aliphatic carbocycles. The van der Waals surface area contributed by atoms with E-state index in [0.717, 1.165) is 18.2 Å². The van der Waals surface area contributed by atoms with E-state index in [-0.39, 0.29) is 6.54 Å². The third-order valence-corrected chi connectivity index (χ3v) is 4.07. The quantitative estimate of drug-likeness (QED) is 0.667. The van der Waals surface area contributed by atoms with Crippen LogP contribution in [0.5, 0.6) is 0 Å². The first kappa shape index (κ1) is 15.0. The summed E-state index contributed by atoms with van der Waals surface area (Å²) in [5, 5.41) is 10.8. The lowest BCUT2D eigenvalue weighted by Gasteiger charge is -2.07. The molecule has 0 saturated carbocycles. The number of nitro groups is 1. The van der Waals surface area contributed by atoms with Gasteiger partial charge in [-0.15, -0.1) is 0 Å². The minimum absolute atomic E-state index is 0.0848. The second-order valence-corrected chi connectivity index (χ2v) is 5.76. The predicted octanol–water partition coefficient (Wildman–Crippen LogP) is 1.61. The van der Waals surface area contributed by atoms with E-state index < -0.39 is 31.3 Å². The monoisotopic (exact) mass is 311 g/mol. The fraction of sp³-hybridized carbons (Fsp3) is 0.0833. The van der Waals surface area contributed by atoms with Crippen molar-refractivity contribution in [3.05, 3.63) is 64.2 Å². The number of pyridine rings is 1. The summed E-state index contributed by atoms with van der Waals surface area (Å²) in [4.78, 5) is 12.8. The van der Waals surface area contributed by atoms with Gasteiger partial charge in [0.25, 0.3) is 0 Å². The number of benzene rings is 1. The van der Waals surface area contributed by atoms with Crippen LogP contribution in [0.1, 0.15) is 5.56 Å². The average molecular weight is 311 g/mol. The maximum atomic E-state index is 13.5. The SMILES string of the molecule is O=[N+]([O-])c1c(F)cccc1S(=O)(=O)NCc1ccncc1. The average Bonchev–Trinajstić information content (AvgIpc) is 2.46. The third kappa shape index (κ3) is 3.38. The summed E-state index contributed by atoms with van der Waals surface area (Å²) in [6, 6.07) is 6.09. The Kier molecular flexibility index (Phi) is 4.24. The Bertz CT molecular complexity index is 765. The van der Waals surface area contributed by atoms with Gasteiger partial charge in [-0.1, -0.05) is 6.07 Å². The maximum Gasteiger partial charge on any atom is 0.324 e. The molecule has 110 valence electrons. The first-order valence-corrected chi connectivity index (χ1v) is 7.21. The molecule has 1 aromatic heterocycles. The van der Waals surface area contributed by atoms with Crippen LogP contribution in [0, 0.1) is 15.9 Å². The summed E-state index contributed by atoms with van der Waals surface area (Å²) in [6.07, 6.45) is 2.96. The van der Waals surface area contributed by atoms with Gasteiger partial charge in [-0.05, 0) is 29.8 Å². The zero-order chi connectivity index (χ0) is 15.5. The Morgan fingerprint density at radius 1 is 1.24 bits per heavy atom. The van der Waals surface area contributed by atoms with Crippen LogP contribution >= 0.6 is 0 Å². The lowest BCUT2D eigenvalue weighted by molar-refractivity contribution is -0.390. The van der Waals surface area contributed by atoms with E-state index in [1.165, 1.54) is 12.4 Å². The molecule has 21 heavy (non-hydrogen) atoms. The Balaban J connectivity index is 2.32. The van der Waals surface area contributed by atoms with Crippen molar-refractivity contribution in [1.29, 1.82) is 0 Å². The molecule has 2 aromatic rings. The van der Waals surface area contributed by atoms with E-state index in [1.54, 1.807) is 12.1 Å². The molecular formula is C12H10FN3O4S. The minimum atomic E-state index is -4.21. The van der Waals surface area contributed by atoms with E-state index >= 15 is 0 Å². The molecule has 1 aromatic carbocycles. The van der Waals surface area contributed by atoms with Crippen molar-refractivity contribution in [1.82, 2.24) is 9.71 Å². The Labute approximate surface area is 119 Å². The highest BCUT2D eigenvalue weighted by Gasteiger charge is 2.29. The first-order chi connectivity index (χ1) is 9.92. The van der Waals surface area contributed by atoms with Crippen LogP contribution < -0.4 is 4.72 Å². The topological polar surface area (TPSA) is 102 Å². The van der Waals surface area contributed by atoms with Gasteiger partial charge in [0, 0.05) is 18.9 Å². The fourth-order valence-corrected chi connectivity index (χ4v) is 2.84. The number of aromatic nitrogens is 1. The number of nitrogens with one attached hydrogen (secondary N) is 1. The van der Waals surface area contributed by atoms with Crippen molar-refractivity contribution in [3.8, 4) is 0 Å². The number of para-hydroxylation sites is 1. The van der Waals surface area contributed by atoms with Crippen molar-refractivity contribution >= 4 is 15.7 Å². The lowest BCUT2D eigenvalue weighted by Crippen LogP contribution is -2.24. The summed E-state index contributed by atoms with van der Waals surface area (Å²) in [7, 11) is -4.21. The predicted molar refractivity (Wildman–Crippen MR) is 71.3 cm³/mol. The van der Waals surface area contributed by atoms with Crippen LogP contribution in [-0.2, 0) is 16.6 Å². The second kappa shape index (κ2) is 5.94. The Morgan fingerprint density at radius 2 is 1.90 bits per heavy atom. The highest BCUT2D eigenvalue weighted by molar-refractivity contribution is 7.89. The highest BCUT2D eigenvalue weighted by Crippen LogP contribution is 2.26. The van der Waals surface area contributed by atoms with Crippen LogP contribution in [0.4, 0.5) is 10.1 Å². The molecule has 0 amide bonds. The van der Waals surface area contributed by atoms with Gasteiger partial charge < -0.3 is 0 Å². The number of hydrogen-bond donors (Lipinski definition) is 1. The van der Waals surface area contributed by atoms with Crippen molar-refractivity contribution < 1.29 is 17.7 Å². The molecule has 0 saturated heterocycles.